The number of hydrogen-bond acceptors (Lipinski definition) is 1. The fourth-order valence-electron chi connectivity index (χ4n) is 5.73. The second-order valence-corrected chi connectivity index (χ2v) is 12.0. The molecule has 3 aromatic carbocycles. The van der Waals surface area contributed by atoms with Crippen LogP contribution in [-0.2, 0) is 16.2 Å². The number of pyridine rings is 1. The van der Waals surface area contributed by atoms with Crippen LogP contribution >= 0.6 is 0 Å². The van der Waals surface area contributed by atoms with Crippen LogP contribution in [0, 0.1) is 0 Å². The van der Waals surface area contributed by atoms with E-state index in [2.05, 4.69) is 103 Å². The molecule has 4 aromatic rings. The number of benzene rings is 3. The maximum atomic E-state index is 4.94. The van der Waals surface area contributed by atoms with Crippen LogP contribution in [0.2, 0.25) is 0 Å². The summed E-state index contributed by atoms with van der Waals surface area (Å²) in [6, 6.07) is 20.4. The van der Waals surface area contributed by atoms with Gasteiger partial charge in [0, 0.05) is 17.1 Å². The molecule has 1 heteroatoms. The number of rotatable bonds is 1. The summed E-state index contributed by atoms with van der Waals surface area (Å²) in [7, 11) is 0. The molecule has 164 valence electrons. The zero-order valence-electron chi connectivity index (χ0n) is 20.6. The molecule has 1 aliphatic carbocycles. The van der Waals surface area contributed by atoms with Gasteiger partial charge in [-0.15, -0.1) is 0 Å². The largest absolute Gasteiger partial charge is 0.256 e. The van der Waals surface area contributed by atoms with Crippen LogP contribution in [0.25, 0.3) is 32.8 Å². The van der Waals surface area contributed by atoms with E-state index in [1.807, 2.05) is 6.20 Å². The van der Waals surface area contributed by atoms with E-state index in [1.165, 1.54) is 56.6 Å². The van der Waals surface area contributed by atoms with Gasteiger partial charge in [0.15, 0.2) is 0 Å². The number of aromatic nitrogens is 1. The van der Waals surface area contributed by atoms with E-state index in [4.69, 9.17) is 4.98 Å². The van der Waals surface area contributed by atoms with E-state index in [-0.39, 0.29) is 16.2 Å². The van der Waals surface area contributed by atoms with Gasteiger partial charge in [0.1, 0.15) is 0 Å². The lowest BCUT2D eigenvalue weighted by Crippen LogP contribution is -2.34. The molecule has 0 spiro atoms. The lowest BCUT2D eigenvalue weighted by molar-refractivity contribution is 0.334. The number of nitrogens with zero attached hydrogens (tertiary/aromatic N) is 1. The van der Waals surface area contributed by atoms with Crippen molar-refractivity contribution < 1.29 is 0 Å². The van der Waals surface area contributed by atoms with Gasteiger partial charge in [-0.1, -0.05) is 84.9 Å². The van der Waals surface area contributed by atoms with Gasteiger partial charge in [-0.3, -0.25) is 4.98 Å². The Morgan fingerprint density at radius 3 is 2.22 bits per heavy atom. The normalized spacial score (nSPS) is 17.5. The minimum atomic E-state index is 0.0609. The van der Waals surface area contributed by atoms with E-state index in [9.17, 15) is 0 Å². The highest BCUT2D eigenvalue weighted by atomic mass is 14.7. The molecule has 1 aliphatic rings. The second-order valence-electron chi connectivity index (χ2n) is 12.0. The SMILES string of the molecule is CC(C)(C)c1cc(-c2nccc3c4c(ccc23)C(C)(C)CCC4(C)C)cc2ccccc12. The van der Waals surface area contributed by atoms with Crippen LogP contribution in [0.1, 0.15) is 78.0 Å². The minimum Gasteiger partial charge on any atom is -0.256 e. The van der Waals surface area contributed by atoms with Gasteiger partial charge < -0.3 is 0 Å². The molecule has 0 saturated carbocycles. The van der Waals surface area contributed by atoms with Gasteiger partial charge in [0.05, 0.1) is 5.69 Å². The average Bonchev–Trinajstić information content (AvgIpc) is 2.74. The predicted octanol–water partition coefficient (Wildman–Crippen LogP) is 8.70. The van der Waals surface area contributed by atoms with Crippen LogP contribution in [0.4, 0.5) is 0 Å². The van der Waals surface area contributed by atoms with Crippen LogP contribution in [-0.4, -0.2) is 4.98 Å². The predicted molar refractivity (Wildman–Crippen MR) is 139 cm³/mol. The number of fused-ring (bicyclic) bond motifs is 4. The minimum absolute atomic E-state index is 0.0609. The molecule has 0 radical (unpaired) electrons. The first-order valence-corrected chi connectivity index (χ1v) is 12.0. The molecule has 1 aromatic heterocycles. The first kappa shape index (κ1) is 21.2. The monoisotopic (exact) mass is 421 g/mol. The molecule has 0 bridgehead atoms. The summed E-state index contributed by atoms with van der Waals surface area (Å²) in [6.07, 6.45) is 4.46. The standard InChI is InChI=1S/C31H35N/c1-29(2,3)26-19-21(18-20-10-8-9-11-22(20)26)28-24-12-13-25-27(23(24)14-17-32-28)31(6,7)16-15-30(25,4)5/h8-14,17-19H,15-16H2,1-7H3. The summed E-state index contributed by atoms with van der Waals surface area (Å²) in [5.41, 5.74) is 7.16. The van der Waals surface area contributed by atoms with Gasteiger partial charge in [-0.25, -0.2) is 0 Å². The molecule has 0 atom stereocenters. The molecule has 0 fully saturated rings. The Bertz CT molecular complexity index is 1350. The van der Waals surface area contributed by atoms with Gasteiger partial charge in [0.2, 0.25) is 0 Å². The summed E-state index contributed by atoms with van der Waals surface area (Å²) in [4.78, 5) is 4.94. The van der Waals surface area contributed by atoms with Crippen molar-refractivity contribution in [2.45, 2.75) is 77.6 Å². The molecule has 0 unspecified atom stereocenters. The van der Waals surface area contributed by atoms with E-state index >= 15 is 0 Å². The molecule has 32 heavy (non-hydrogen) atoms. The zero-order valence-corrected chi connectivity index (χ0v) is 20.6. The smallest absolute Gasteiger partial charge is 0.0780 e. The van der Waals surface area contributed by atoms with Crippen molar-refractivity contribution in [2.75, 3.05) is 0 Å². The van der Waals surface area contributed by atoms with Crippen LogP contribution < -0.4 is 0 Å². The molecular formula is C31H35N. The molecule has 0 amide bonds. The van der Waals surface area contributed by atoms with Crippen molar-refractivity contribution in [2.24, 2.45) is 0 Å². The van der Waals surface area contributed by atoms with Gasteiger partial charge >= 0.3 is 0 Å². The molecule has 1 heterocycles. The van der Waals surface area contributed by atoms with E-state index in [1.54, 1.807) is 0 Å². The Morgan fingerprint density at radius 2 is 1.47 bits per heavy atom. The summed E-state index contributed by atoms with van der Waals surface area (Å²) >= 11 is 0. The first-order chi connectivity index (χ1) is 15.0. The van der Waals surface area contributed by atoms with Gasteiger partial charge in [-0.05, 0) is 80.1 Å². The van der Waals surface area contributed by atoms with Gasteiger partial charge in [0.25, 0.3) is 0 Å². The Balaban J connectivity index is 1.83. The molecule has 1 nitrogen and oxygen atoms in total. The van der Waals surface area contributed by atoms with Crippen molar-refractivity contribution in [3.63, 3.8) is 0 Å². The maximum absolute atomic E-state index is 4.94. The maximum Gasteiger partial charge on any atom is 0.0780 e. The molecule has 0 N–H and O–H groups in total. The summed E-state index contributed by atoms with van der Waals surface area (Å²) in [5, 5.41) is 5.26. The molecular weight excluding hydrogens is 386 g/mol. The van der Waals surface area contributed by atoms with Crippen molar-refractivity contribution in [1.82, 2.24) is 4.98 Å². The van der Waals surface area contributed by atoms with Gasteiger partial charge in [-0.2, -0.15) is 0 Å². The summed E-state index contributed by atoms with van der Waals surface area (Å²) in [5.74, 6) is 0. The van der Waals surface area contributed by atoms with Crippen molar-refractivity contribution in [1.29, 1.82) is 0 Å². The average molecular weight is 422 g/mol. The quantitative estimate of drug-likeness (QED) is 0.299. The molecule has 0 aliphatic heterocycles. The molecule has 5 rings (SSSR count). The highest BCUT2D eigenvalue weighted by Gasteiger charge is 2.38. The lowest BCUT2D eigenvalue weighted by atomic mass is 9.62. The third kappa shape index (κ3) is 3.25. The van der Waals surface area contributed by atoms with E-state index < -0.39 is 0 Å². The van der Waals surface area contributed by atoms with Crippen LogP contribution in [0.5, 0.6) is 0 Å². The highest BCUT2D eigenvalue weighted by Crippen LogP contribution is 2.49. The summed E-state index contributed by atoms with van der Waals surface area (Å²) < 4.78 is 0. The molecule has 0 saturated heterocycles. The fourth-order valence-corrected chi connectivity index (χ4v) is 5.73. The topological polar surface area (TPSA) is 12.9 Å². The van der Waals surface area contributed by atoms with Crippen molar-refractivity contribution >= 4 is 21.5 Å². The van der Waals surface area contributed by atoms with E-state index in [0.29, 0.717) is 0 Å². The highest BCUT2D eigenvalue weighted by molar-refractivity contribution is 6.00. The summed E-state index contributed by atoms with van der Waals surface area (Å²) in [6.45, 7) is 16.5. The Morgan fingerprint density at radius 1 is 0.750 bits per heavy atom. The van der Waals surface area contributed by atoms with Crippen molar-refractivity contribution in [3.8, 4) is 11.3 Å². The van der Waals surface area contributed by atoms with Crippen LogP contribution in [0.15, 0.2) is 60.8 Å². The Labute approximate surface area is 192 Å². The third-order valence-electron chi connectivity index (χ3n) is 7.67. The third-order valence-corrected chi connectivity index (χ3v) is 7.67. The Hall–Kier alpha value is -2.67. The van der Waals surface area contributed by atoms with E-state index in [0.717, 1.165) is 5.69 Å². The zero-order chi connectivity index (χ0) is 22.9. The lowest BCUT2D eigenvalue weighted by Gasteiger charge is -2.42. The first-order valence-electron chi connectivity index (χ1n) is 12.0. The Kier molecular flexibility index (Phi) is 4.58. The second kappa shape index (κ2) is 6.91. The van der Waals surface area contributed by atoms with Crippen molar-refractivity contribution in [3.05, 3.63) is 77.5 Å². The van der Waals surface area contributed by atoms with Crippen LogP contribution in [0.3, 0.4) is 0 Å². The number of hydrogen-bond donors (Lipinski definition) is 0. The fraction of sp³-hybridized carbons (Fsp3) is 0.387.